The van der Waals surface area contributed by atoms with Crippen LogP contribution < -0.4 is 0 Å². The lowest BCUT2D eigenvalue weighted by atomic mass is 10.4. The van der Waals surface area contributed by atoms with E-state index in [-0.39, 0.29) is 11.5 Å². The van der Waals surface area contributed by atoms with Crippen molar-refractivity contribution < 1.29 is 8.42 Å². The first-order valence-electron chi connectivity index (χ1n) is 2.79. The van der Waals surface area contributed by atoms with Crippen molar-refractivity contribution in [3.8, 4) is 0 Å². The lowest BCUT2D eigenvalue weighted by molar-refractivity contribution is 0.598. The number of thiazole rings is 1. The van der Waals surface area contributed by atoms with Crippen LogP contribution in [-0.4, -0.2) is 13.4 Å². The molecule has 10 heavy (non-hydrogen) atoms. The van der Waals surface area contributed by atoms with Crippen molar-refractivity contribution in [3.63, 3.8) is 0 Å². The predicted octanol–water partition coefficient (Wildman–Crippen LogP) is 0.572. The second kappa shape index (κ2) is 1.79. The van der Waals surface area contributed by atoms with Crippen LogP contribution in [0.5, 0.6) is 0 Å². The third kappa shape index (κ3) is 0.856. The van der Waals surface area contributed by atoms with Crippen molar-refractivity contribution in [1.82, 2.24) is 4.98 Å². The molecule has 0 radical (unpaired) electrons. The van der Waals surface area contributed by atoms with E-state index in [2.05, 4.69) is 4.98 Å². The van der Waals surface area contributed by atoms with E-state index in [0.29, 0.717) is 0 Å². The maximum absolute atomic E-state index is 10.9. The van der Waals surface area contributed by atoms with Gasteiger partial charge in [-0.2, -0.15) is 0 Å². The van der Waals surface area contributed by atoms with Gasteiger partial charge in [0.25, 0.3) is 0 Å². The van der Waals surface area contributed by atoms with Gasteiger partial charge in [-0.15, -0.1) is 11.3 Å². The molecular formula is C5H5NO2S2. The molecular weight excluding hydrogens is 170 g/mol. The summed E-state index contributed by atoms with van der Waals surface area (Å²) < 4.78 is 21.8. The summed E-state index contributed by atoms with van der Waals surface area (Å²) in [6.45, 7) is 0. The third-order valence-electron chi connectivity index (χ3n) is 1.43. The van der Waals surface area contributed by atoms with Gasteiger partial charge in [-0.25, -0.2) is 13.4 Å². The molecule has 5 heteroatoms. The molecule has 0 amide bonds. The summed E-state index contributed by atoms with van der Waals surface area (Å²) in [5.41, 5.74) is 2.45. The van der Waals surface area contributed by atoms with Crippen molar-refractivity contribution in [1.29, 1.82) is 0 Å². The monoisotopic (exact) mass is 175 g/mol. The molecule has 2 heterocycles. The zero-order valence-electron chi connectivity index (χ0n) is 5.07. The number of aromatic nitrogens is 1. The Balaban J connectivity index is 2.56. The molecule has 1 aliphatic heterocycles. The van der Waals surface area contributed by atoms with E-state index in [4.69, 9.17) is 0 Å². The molecule has 54 valence electrons. The second-order valence-electron chi connectivity index (χ2n) is 2.25. The molecule has 3 nitrogen and oxygen atoms in total. The van der Waals surface area contributed by atoms with Crippen LogP contribution in [0.3, 0.4) is 0 Å². The minimum atomic E-state index is -2.81. The molecule has 0 spiro atoms. The molecule has 0 fully saturated rings. The van der Waals surface area contributed by atoms with Crippen molar-refractivity contribution >= 4 is 21.2 Å². The fourth-order valence-electron chi connectivity index (χ4n) is 0.988. The number of fused-ring (bicyclic) bond motifs is 1. The Hall–Kier alpha value is -0.420. The van der Waals surface area contributed by atoms with E-state index in [1.54, 1.807) is 5.51 Å². The number of hydrogen-bond acceptors (Lipinski definition) is 4. The molecule has 0 N–H and O–H groups in total. The van der Waals surface area contributed by atoms with Crippen LogP contribution in [0.2, 0.25) is 0 Å². The Bertz CT molecular complexity index is 325. The zero-order valence-corrected chi connectivity index (χ0v) is 6.70. The molecule has 1 aromatic rings. The van der Waals surface area contributed by atoms with E-state index >= 15 is 0 Å². The molecule has 1 aromatic heterocycles. The van der Waals surface area contributed by atoms with Crippen LogP contribution in [0.1, 0.15) is 10.6 Å². The van der Waals surface area contributed by atoms with Crippen molar-refractivity contribution in [3.05, 3.63) is 16.1 Å². The summed E-state index contributed by atoms with van der Waals surface area (Å²) in [6, 6.07) is 0. The van der Waals surface area contributed by atoms with Gasteiger partial charge in [0, 0.05) is 4.88 Å². The number of nitrogens with zero attached hydrogens (tertiary/aromatic N) is 1. The lowest BCUT2D eigenvalue weighted by Gasteiger charge is -1.84. The quantitative estimate of drug-likeness (QED) is 0.579. The largest absolute Gasteiger partial charge is 0.248 e. The summed E-state index contributed by atoms with van der Waals surface area (Å²) in [5, 5.41) is 0. The van der Waals surface area contributed by atoms with Crippen LogP contribution in [0.15, 0.2) is 5.51 Å². The molecule has 0 bridgehead atoms. The number of rotatable bonds is 0. The average molecular weight is 175 g/mol. The van der Waals surface area contributed by atoms with Crippen molar-refractivity contribution in [2.24, 2.45) is 0 Å². The Morgan fingerprint density at radius 1 is 1.50 bits per heavy atom. The maximum Gasteiger partial charge on any atom is 0.161 e. The normalized spacial score (nSPS) is 20.8. The maximum atomic E-state index is 10.9. The van der Waals surface area contributed by atoms with Crippen LogP contribution in [0, 0.1) is 0 Å². The smallest absolute Gasteiger partial charge is 0.161 e. The lowest BCUT2D eigenvalue weighted by Crippen LogP contribution is -1.96. The molecule has 0 atom stereocenters. The molecule has 1 aliphatic rings. The predicted molar refractivity (Wildman–Crippen MR) is 38.4 cm³/mol. The van der Waals surface area contributed by atoms with E-state index in [0.717, 1.165) is 10.6 Å². The summed E-state index contributed by atoms with van der Waals surface area (Å²) in [6.07, 6.45) is 0. The van der Waals surface area contributed by atoms with Crippen LogP contribution in [-0.2, 0) is 21.3 Å². The summed E-state index contributed by atoms with van der Waals surface area (Å²) in [5.74, 6) is 0.346. The zero-order chi connectivity index (χ0) is 7.19. The highest BCUT2D eigenvalue weighted by atomic mass is 32.2. The SMILES string of the molecule is O=S1(=O)Cc2ncsc2C1. The van der Waals surface area contributed by atoms with E-state index in [1.165, 1.54) is 11.3 Å². The first-order chi connectivity index (χ1) is 4.67. The first-order valence-corrected chi connectivity index (χ1v) is 5.49. The van der Waals surface area contributed by atoms with Gasteiger partial charge in [-0.1, -0.05) is 0 Å². The molecule has 0 aliphatic carbocycles. The van der Waals surface area contributed by atoms with Gasteiger partial charge in [0.15, 0.2) is 9.84 Å². The molecule has 2 rings (SSSR count). The van der Waals surface area contributed by atoms with Crippen molar-refractivity contribution in [2.45, 2.75) is 11.5 Å². The summed E-state index contributed by atoms with van der Waals surface area (Å²) in [7, 11) is -2.81. The highest BCUT2D eigenvalue weighted by molar-refractivity contribution is 7.90. The van der Waals surface area contributed by atoms with Gasteiger partial charge in [0.2, 0.25) is 0 Å². The Morgan fingerprint density at radius 3 is 3.00 bits per heavy atom. The molecule has 0 aromatic carbocycles. The van der Waals surface area contributed by atoms with Gasteiger partial charge in [0.05, 0.1) is 22.7 Å². The van der Waals surface area contributed by atoms with E-state index in [1.807, 2.05) is 0 Å². The minimum absolute atomic E-state index is 0.145. The fourth-order valence-corrected chi connectivity index (χ4v) is 3.79. The number of sulfone groups is 1. The van der Waals surface area contributed by atoms with Crippen molar-refractivity contribution in [2.75, 3.05) is 0 Å². The van der Waals surface area contributed by atoms with Gasteiger partial charge < -0.3 is 0 Å². The average Bonchev–Trinajstić information content (AvgIpc) is 2.20. The Labute approximate surface area is 62.6 Å². The van der Waals surface area contributed by atoms with Gasteiger partial charge in [-0.05, 0) is 0 Å². The standard InChI is InChI=1S/C5H5NO2S2/c7-10(8)1-4-5(2-10)9-3-6-4/h3H,1-2H2. The highest BCUT2D eigenvalue weighted by Crippen LogP contribution is 2.26. The van der Waals surface area contributed by atoms with E-state index in [9.17, 15) is 8.42 Å². The Morgan fingerprint density at radius 2 is 2.30 bits per heavy atom. The highest BCUT2D eigenvalue weighted by Gasteiger charge is 2.26. The van der Waals surface area contributed by atoms with Crippen LogP contribution in [0.25, 0.3) is 0 Å². The summed E-state index contributed by atoms with van der Waals surface area (Å²) in [4.78, 5) is 4.85. The second-order valence-corrected chi connectivity index (χ2v) is 5.26. The summed E-state index contributed by atoms with van der Waals surface area (Å²) >= 11 is 1.42. The van der Waals surface area contributed by atoms with Gasteiger partial charge >= 0.3 is 0 Å². The molecule has 0 saturated heterocycles. The Kier molecular flexibility index (Phi) is 1.13. The molecule has 0 unspecified atom stereocenters. The third-order valence-corrected chi connectivity index (χ3v) is 3.93. The number of hydrogen-bond donors (Lipinski definition) is 0. The fraction of sp³-hybridized carbons (Fsp3) is 0.400. The van der Waals surface area contributed by atoms with Gasteiger partial charge in [0.1, 0.15) is 0 Å². The first kappa shape index (κ1) is 6.30. The van der Waals surface area contributed by atoms with Gasteiger partial charge in [-0.3, -0.25) is 0 Å². The van der Waals surface area contributed by atoms with Crippen LogP contribution >= 0.6 is 11.3 Å². The van der Waals surface area contributed by atoms with Crippen LogP contribution in [0.4, 0.5) is 0 Å². The topological polar surface area (TPSA) is 47.0 Å². The minimum Gasteiger partial charge on any atom is -0.248 e. The molecule has 0 saturated carbocycles. The van der Waals surface area contributed by atoms with E-state index < -0.39 is 9.84 Å².